The number of H-pyrrole nitrogens is 1. The van der Waals surface area contributed by atoms with Gasteiger partial charge in [-0.1, -0.05) is 66.2 Å². The van der Waals surface area contributed by atoms with Crippen molar-refractivity contribution in [1.82, 2.24) is 26.0 Å². The Labute approximate surface area is 193 Å². The highest BCUT2D eigenvalue weighted by Crippen LogP contribution is 2.25. The molecule has 0 unspecified atom stereocenters. The quantitative estimate of drug-likeness (QED) is 0.365. The first-order valence-electron chi connectivity index (χ1n) is 10.6. The number of aromatic nitrogens is 3. The van der Waals surface area contributed by atoms with Gasteiger partial charge in [0.15, 0.2) is 5.69 Å². The van der Waals surface area contributed by atoms with Crippen LogP contribution in [0.2, 0.25) is 0 Å². The average molecular weight is 449 g/mol. The van der Waals surface area contributed by atoms with Crippen LogP contribution in [0.15, 0.2) is 83.7 Å². The minimum Gasteiger partial charge on any atom is -0.267 e. The van der Waals surface area contributed by atoms with E-state index < -0.39 is 17.4 Å². The number of nitrogens with zero attached hydrogens (tertiary/aromatic N) is 2. The molecular weight excluding hydrogens is 430 g/mol. The van der Waals surface area contributed by atoms with E-state index in [2.05, 4.69) is 21.0 Å². The molecule has 34 heavy (non-hydrogen) atoms. The number of hydrogen-bond acceptors (Lipinski definition) is 5. The number of nitrogens with one attached hydrogen (secondary N) is 3. The average Bonchev–Trinajstić information content (AvgIpc) is 2.87. The number of para-hydroxylation sites is 1. The molecule has 0 spiro atoms. The molecule has 2 aromatic heterocycles. The molecule has 5 aromatic rings. The van der Waals surface area contributed by atoms with Crippen molar-refractivity contribution in [2.24, 2.45) is 0 Å². The molecule has 0 radical (unpaired) electrons. The van der Waals surface area contributed by atoms with Gasteiger partial charge in [-0.25, -0.2) is 10.1 Å². The molecule has 0 saturated heterocycles. The van der Waals surface area contributed by atoms with Crippen molar-refractivity contribution >= 4 is 33.5 Å². The highest BCUT2D eigenvalue weighted by molar-refractivity contribution is 6.09. The van der Waals surface area contributed by atoms with Crippen LogP contribution in [0.4, 0.5) is 0 Å². The van der Waals surface area contributed by atoms with Crippen LogP contribution in [-0.2, 0) is 0 Å². The molecule has 0 fully saturated rings. The van der Waals surface area contributed by atoms with E-state index in [4.69, 9.17) is 4.98 Å². The third-order valence-corrected chi connectivity index (χ3v) is 5.51. The number of pyridine rings is 1. The summed E-state index contributed by atoms with van der Waals surface area (Å²) in [7, 11) is 0. The Morgan fingerprint density at radius 1 is 0.794 bits per heavy atom. The molecule has 166 valence electrons. The molecule has 0 aliphatic heterocycles. The third kappa shape index (κ3) is 3.88. The van der Waals surface area contributed by atoms with Gasteiger partial charge in [-0.2, -0.15) is 5.10 Å². The summed E-state index contributed by atoms with van der Waals surface area (Å²) in [6.45, 7) is 2.00. The largest absolute Gasteiger partial charge is 0.290 e. The summed E-state index contributed by atoms with van der Waals surface area (Å²) < 4.78 is 0. The van der Waals surface area contributed by atoms with Crippen LogP contribution in [0, 0.1) is 6.92 Å². The first-order valence-corrected chi connectivity index (χ1v) is 10.6. The second-order valence-corrected chi connectivity index (χ2v) is 7.79. The van der Waals surface area contributed by atoms with Gasteiger partial charge in [0.2, 0.25) is 0 Å². The molecule has 3 N–H and O–H groups in total. The van der Waals surface area contributed by atoms with Crippen molar-refractivity contribution < 1.29 is 9.59 Å². The summed E-state index contributed by atoms with van der Waals surface area (Å²) in [5.74, 6) is -1.16. The fourth-order valence-corrected chi connectivity index (χ4v) is 3.76. The fourth-order valence-electron chi connectivity index (χ4n) is 3.76. The van der Waals surface area contributed by atoms with E-state index in [1.807, 2.05) is 49.4 Å². The molecule has 0 bridgehead atoms. The minimum absolute atomic E-state index is 0.00423. The topological polar surface area (TPSA) is 117 Å². The zero-order valence-electron chi connectivity index (χ0n) is 18.1. The number of carbonyl (C=O) groups excluding carboxylic acids is 2. The first kappa shape index (κ1) is 21.0. The summed E-state index contributed by atoms with van der Waals surface area (Å²) in [6.07, 6.45) is 0. The molecule has 0 aliphatic rings. The number of fused-ring (bicyclic) bond motifs is 2. The van der Waals surface area contributed by atoms with Gasteiger partial charge in [0.25, 0.3) is 17.4 Å². The van der Waals surface area contributed by atoms with Gasteiger partial charge in [-0.3, -0.25) is 25.2 Å². The Morgan fingerprint density at radius 2 is 1.44 bits per heavy atom. The molecule has 5 rings (SSSR count). The van der Waals surface area contributed by atoms with E-state index in [1.165, 1.54) is 0 Å². The Kier molecular flexibility index (Phi) is 5.31. The number of rotatable bonds is 3. The highest BCUT2D eigenvalue weighted by Gasteiger charge is 2.17. The SMILES string of the molecule is Cc1ccc(-c2cc(C(=O)NNC(=O)c3n[nH]c(=O)c4ccccc34)c3ccccc3n2)cc1. The summed E-state index contributed by atoms with van der Waals surface area (Å²) in [5, 5.41) is 7.53. The van der Waals surface area contributed by atoms with Crippen LogP contribution in [-0.4, -0.2) is 27.0 Å². The minimum atomic E-state index is -0.655. The molecule has 8 nitrogen and oxygen atoms in total. The Balaban J connectivity index is 1.46. The maximum absolute atomic E-state index is 13.1. The monoisotopic (exact) mass is 449 g/mol. The maximum atomic E-state index is 13.1. The molecule has 2 amide bonds. The van der Waals surface area contributed by atoms with Gasteiger partial charge in [0.05, 0.1) is 22.2 Å². The van der Waals surface area contributed by atoms with Crippen LogP contribution in [0.5, 0.6) is 0 Å². The fraction of sp³-hybridized carbons (Fsp3) is 0.0385. The molecule has 0 saturated carbocycles. The van der Waals surface area contributed by atoms with E-state index in [-0.39, 0.29) is 5.69 Å². The lowest BCUT2D eigenvalue weighted by Crippen LogP contribution is -2.42. The number of aromatic amines is 1. The van der Waals surface area contributed by atoms with Gasteiger partial charge in [-0.05, 0) is 25.1 Å². The summed E-state index contributed by atoms with van der Waals surface area (Å²) in [6, 6.07) is 23.5. The predicted octanol–water partition coefficient (Wildman–Crippen LogP) is 3.52. The van der Waals surface area contributed by atoms with Crippen LogP contribution in [0.25, 0.3) is 32.9 Å². The maximum Gasteiger partial charge on any atom is 0.290 e. The number of hydrazine groups is 1. The van der Waals surface area contributed by atoms with Crippen molar-refractivity contribution in [3.8, 4) is 11.3 Å². The number of aryl methyl sites for hydroxylation is 1. The summed E-state index contributed by atoms with van der Waals surface area (Å²) >= 11 is 0. The van der Waals surface area contributed by atoms with Crippen LogP contribution >= 0.6 is 0 Å². The van der Waals surface area contributed by atoms with E-state index >= 15 is 0 Å². The molecule has 0 aliphatic carbocycles. The van der Waals surface area contributed by atoms with E-state index in [0.717, 1.165) is 11.1 Å². The van der Waals surface area contributed by atoms with Gasteiger partial charge in [0, 0.05) is 16.3 Å². The molecular formula is C26H19N5O3. The number of benzene rings is 3. The van der Waals surface area contributed by atoms with Crippen LogP contribution in [0.3, 0.4) is 0 Å². The van der Waals surface area contributed by atoms with Crippen molar-refractivity contribution in [2.45, 2.75) is 6.92 Å². The number of amides is 2. The van der Waals surface area contributed by atoms with Gasteiger partial charge in [0.1, 0.15) is 0 Å². The van der Waals surface area contributed by atoms with Crippen molar-refractivity contribution in [3.05, 3.63) is 106 Å². The first-order chi connectivity index (χ1) is 16.5. The van der Waals surface area contributed by atoms with Crippen molar-refractivity contribution in [3.63, 3.8) is 0 Å². The van der Waals surface area contributed by atoms with Crippen molar-refractivity contribution in [2.75, 3.05) is 0 Å². The molecule has 0 atom stereocenters. The van der Waals surface area contributed by atoms with Crippen LogP contribution < -0.4 is 16.4 Å². The van der Waals surface area contributed by atoms with Crippen LogP contribution in [0.1, 0.15) is 26.4 Å². The predicted molar refractivity (Wildman–Crippen MR) is 129 cm³/mol. The van der Waals surface area contributed by atoms with Gasteiger partial charge in [-0.15, -0.1) is 0 Å². The second kappa shape index (κ2) is 8.59. The lowest BCUT2D eigenvalue weighted by Gasteiger charge is -2.12. The zero-order valence-corrected chi connectivity index (χ0v) is 18.1. The number of hydrogen-bond donors (Lipinski definition) is 3. The summed E-state index contributed by atoms with van der Waals surface area (Å²) in [5.41, 5.74) is 8.11. The standard InChI is InChI=1S/C26H19N5O3/c1-15-10-12-16(13-11-15)22-14-20(17-6-4-5-9-21(17)27-22)25(33)30-31-26(34)23-18-7-2-3-8-19(18)24(32)29-28-23/h2-14H,1H3,(H,29,32)(H,30,33)(H,31,34). The third-order valence-electron chi connectivity index (χ3n) is 5.51. The molecule has 8 heteroatoms. The Hall–Kier alpha value is -4.85. The van der Waals surface area contributed by atoms with Crippen molar-refractivity contribution in [1.29, 1.82) is 0 Å². The lowest BCUT2D eigenvalue weighted by atomic mass is 10.0. The van der Waals surface area contributed by atoms with E-state index in [1.54, 1.807) is 36.4 Å². The van der Waals surface area contributed by atoms with E-state index in [0.29, 0.717) is 32.9 Å². The van der Waals surface area contributed by atoms with Gasteiger partial charge >= 0.3 is 0 Å². The number of carbonyl (C=O) groups is 2. The molecule has 3 aromatic carbocycles. The van der Waals surface area contributed by atoms with E-state index in [9.17, 15) is 14.4 Å². The second-order valence-electron chi connectivity index (χ2n) is 7.79. The molecule has 2 heterocycles. The Bertz CT molecular complexity index is 1620. The smallest absolute Gasteiger partial charge is 0.267 e. The normalized spacial score (nSPS) is 10.9. The Morgan fingerprint density at radius 3 is 2.21 bits per heavy atom. The lowest BCUT2D eigenvalue weighted by molar-refractivity contribution is 0.0845. The highest BCUT2D eigenvalue weighted by atomic mass is 16.2. The zero-order chi connectivity index (χ0) is 23.7. The summed E-state index contributed by atoms with van der Waals surface area (Å²) in [4.78, 5) is 42.5. The van der Waals surface area contributed by atoms with Gasteiger partial charge < -0.3 is 0 Å².